The van der Waals surface area contributed by atoms with Crippen LogP contribution in [0.2, 0.25) is 0 Å². The summed E-state index contributed by atoms with van der Waals surface area (Å²) < 4.78 is 0. The van der Waals surface area contributed by atoms with Gasteiger partial charge in [0.05, 0.1) is 0 Å². The van der Waals surface area contributed by atoms with Gasteiger partial charge in [0.25, 0.3) is 5.56 Å². The number of H-pyrrole nitrogens is 2. The van der Waals surface area contributed by atoms with E-state index in [1.807, 2.05) is 9.97 Å². The number of hydrogen-bond acceptors (Lipinski definition) is 5. The van der Waals surface area contributed by atoms with Crippen LogP contribution in [0.4, 0.5) is 11.4 Å². The topological polar surface area (TPSA) is 118 Å². The van der Waals surface area contributed by atoms with Crippen LogP contribution in [-0.4, -0.2) is 20.2 Å². The summed E-state index contributed by atoms with van der Waals surface area (Å²) in [4.78, 5) is 26.2. The van der Waals surface area contributed by atoms with Crippen LogP contribution in [0, 0.1) is 0 Å². The standard InChI is InChI=1S/C10H9N3O4/c14-6-3-1-5(2-4-6)11-7-8(15)12-10(17)13-9(7)16/h1-4,11,14H,(H3,12,13,15,16,17). The van der Waals surface area contributed by atoms with E-state index in [1.165, 1.54) is 24.3 Å². The Morgan fingerprint density at radius 1 is 1.00 bits per heavy atom. The second-order valence-corrected chi connectivity index (χ2v) is 3.30. The predicted molar refractivity (Wildman–Crippen MR) is 60.7 cm³/mol. The van der Waals surface area contributed by atoms with E-state index in [0.29, 0.717) is 5.69 Å². The molecule has 7 nitrogen and oxygen atoms in total. The maximum atomic E-state index is 11.4. The number of phenolic OH excluding ortho intramolecular Hbond substituents is 1. The zero-order valence-electron chi connectivity index (χ0n) is 8.52. The fraction of sp³-hybridized carbons (Fsp3) is 0. The fourth-order valence-corrected chi connectivity index (χ4v) is 1.28. The van der Waals surface area contributed by atoms with E-state index in [-0.39, 0.29) is 11.4 Å². The van der Waals surface area contributed by atoms with Crippen molar-refractivity contribution in [2.75, 3.05) is 5.32 Å². The maximum absolute atomic E-state index is 11.4. The Balaban J connectivity index is 2.40. The van der Waals surface area contributed by atoms with Crippen LogP contribution in [0.25, 0.3) is 0 Å². The number of aromatic nitrogens is 2. The van der Waals surface area contributed by atoms with E-state index in [1.54, 1.807) is 0 Å². The van der Waals surface area contributed by atoms with Crippen molar-refractivity contribution in [1.82, 2.24) is 9.97 Å². The minimum atomic E-state index is -0.788. The lowest BCUT2D eigenvalue weighted by Crippen LogP contribution is -2.23. The summed E-state index contributed by atoms with van der Waals surface area (Å²) in [7, 11) is 0. The molecule has 0 atom stereocenters. The molecule has 2 aromatic rings. The lowest BCUT2D eigenvalue weighted by molar-refractivity contribution is 0.451. The van der Waals surface area contributed by atoms with Gasteiger partial charge < -0.3 is 15.5 Å². The second kappa shape index (κ2) is 4.05. The van der Waals surface area contributed by atoms with E-state index in [0.717, 1.165) is 0 Å². The summed E-state index contributed by atoms with van der Waals surface area (Å²) >= 11 is 0. The molecular weight excluding hydrogens is 226 g/mol. The zero-order chi connectivity index (χ0) is 12.4. The van der Waals surface area contributed by atoms with Gasteiger partial charge in [0.15, 0.2) is 5.69 Å². The highest BCUT2D eigenvalue weighted by Gasteiger charge is 2.08. The molecule has 2 rings (SSSR count). The van der Waals surface area contributed by atoms with Crippen LogP contribution < -0.4 is 16.6 Å². The van der Waals surface area contributed by atoms with Crippen molar-refractivity contribution >= 4 is 11.4 Å². The summed E-state index contributed by atoms with van der Waals surface area (Å²) in [6.45, 7) is 0. The average Bonchev–Trinajstić information content (AvgIpc) is 2.26. The predicted octanol–water partition coefficient (Wildman–Crippen LogP) is 0.218. The molecule has 0 aliphatic carbocycles. The number of aromatic amines is 2. The minimum absolute atomic E-state index is 0.0788. The maximum Gasteiger partial charge on any atom is 0.328 e. The quantitative estimate of drug-likeness (QED) is 0.477. The molecule has 88 valence electrons. The lowest BCUT2D eigenvalue weighted by atomic mass is 10.3. The van der Waals surface area contributed by atoms with E-state index in [9.17, 15) is 14.7 Å². The molecule has 0 fully saturated rings. The highest BCUT2D eigenvalue weighted by molar-refractivity contribution is 5.63. The Labute approximate surface area is 94.4 Å². The number of benzene rings is 1. The smallest absolute Gasteiger partial charge is 0.328 e. The van der Waals surface area contributed by atoms with Crippen molar-refractivity contribution < 1.29 is 10.2 Å². The molecular formula is C10H9N3O4. The van der Waals surface area contributed by atoms with E-state index < -0.39 is 17.1 Å². The number of phenols is 1. The van der Waals surface area contributed by atoms with Crippen LogP contribution in [0.1, 0.15) is 0 Å². The summed E-state index contributed by atoms with van der Waals surface area (Å²) in [5.41, 5.74) is -1.21. The first-order valence-electron chi connectivity index (χ1n) is 4.68. The van der Waals surface area contributed by atoms with Crippen molar-refractivity contribution in [3.63, 3.8) is 0 Å². The van der Waals surface area contributed by atoms with Crippen LogP contribution in [0.5, 0.6) is 11.6 Å². The number of nitrogens with one attached hydrogen (secondary N) is 3. The number of rotatable bonds is 2. The molecule has 0 unspecified atom stereocenters. The molecule has 0 bridgehead atoms. The van der Waals surface area contributed by atoms with Gasteiger partial charge in [0.2, 0.25) is 5.88 Å². The van der Waals surface area contributed by atoms with Crippen molar-refractivity contribution in [3.8, 4) is 11.6 Å². The van der Waals surface area contributed by atoms with Gasteiger partial charge in [0.1, 0.15) is 5.75 Å². The highest BCUT2D eigenvalue weighted by Crippen LogP contribution is 2.20. The Kier molecular flexibility index (Phi) is 2.57. The number of hydrogen-bond donors (Lipinski definition) is 5. The largest absolute Gasteiger partial charge is 0.508 e. The highest BCUT2D eigenvalue weighted by atomic mass is 16.3. The SMILES string of the molecule is O=c1[nH]c(O)c(Nc2ccc(O)cc2)c(=O)[nH]1. The minimum Gasteiger partial charge on any atom is -0.508 e. The third-order valence-electron chi connectivity index (χ3n) is 2.06. The summed E-state index contributed by atoms with van der Waals surface area (Å²) in [5, 5.41) is 21.1. The normalized spacial score (nSPS) is 10.1. The zero-order valence-corrected chi connectivity index (χ0v) is 8.52. The molecule has 0 saturated heterocycles. The van der Waals surface area contributed by atoms with E-state index >= 15 is 0 Å². The summed E-state index contributed by atoms with van der Waals surface area (Å²) in [6, 6.07) is 5.86. The number of anilines is 2. The molecule has 1 aromatic carbocycles. The van der Waals surface area contributed by atoms with Crippen molar-refractivity contribution in [3.05, 3.63) is 45.1 Å². The van der Waals surface area contributed by atoms with Crippen LogP contribution in [0.15, 0.2) is 33.9 Å². The van der Waals surface area contributed by atoms with Gasteiger partial charge in [-0.05, 0) is 24.3 Å². The molecule has 0 spiro atoms. The van der Waals surface area contributed by atoms with Crippen LogP contribution in [-0.2, 0) is 0 Å². The monoisotopic (exact) mass is 235 g/mol. The molecule has 0 saturated carbocycles. The van der Waals surface area contributed by atoms with Crippen LogP contribution in [0.3, 0.4) is 0 Å². The molecule has 5 N–H and O–H groups in total. The van der Waals surface area contributed by atoms with Crippen molar-refractivity contribution in [1.29, 1.82) is 0 Å². The Bertz CT molecular complexity index is 642. The van der Waals surface area contributed by atoms with Gasteiger partial charge in [-0.15, -0.1) is 0 Å². The molecule has 7 heteroatoms. The first kappa shape index (κ1) is 10.8. The molecule has 0 aliphatic rings. The van der Waals surface area contributed by atoms with Crippen molar-refractivity contribution in [2.24, 2.45) is 0 Å². The van der Waals surface area contributed by atoms with Gasteiger partial charge >= 0.3 is 5.69 Å². The van der Waals surface area contributed by atoms with Gasteiger partial charge in [-0.1, -0.05) is 0 Å². The first-order chi connectivity index (χ1) is 8.06. The Morgan fingerprint density at radius 2 is 1.65 bits per heavy atom. The van der Waals surface area contributed by atoms with Gasteiger partial charge in [-0.3, -0.25) is 14.8 Å². The van der Waals surface area contributed by atoms with Gasteiger partial charge in [0, 0.05) is 5.69 Å². The van der Waals surface area contributed by atoms with Gasteiger partial charge in [-0.25, -0.2) is 4.79 Å². The van der Waals surface area contributed by atoms with E-state index in [4.69, 9.17) is 5.11 Å². The summed E-state index contributed by atoms with van der Waals surface area (Å²) in [5.74, 6) is -0.470. The van der Waals surface area contributed by atoms with Gasteiger partial charge in [-0.2, -0.15) is 0 Å². The third-order valence-corrected chi connectivity index (χ3v) is 2.06. The summed E-state index contributed by atoms with van der Waals surface area (Å²) in [6.07, 6.45) is 0. The Morgan fingerprint density at radius 3 is 2.24 bits per heavy atom. The Hall–Kier alpha value is -2.70. The molecule has 1 heterocycles. The first-order valence-corrected chi connectivity index (χ1v) is 4.68. The molecule has 17 heavy (non-hydrogen) atoms. The molecule has 0 amide bonds. The fourth-order valence-electron chi connectivity index (χ4n) is 1.28. The second-order valence-electron chi connectivity index (χ2n) is 3.30. The molecule has 1 aromatic heterocycles. The third kappa shape index (κ3) is 2.28. The van der Waals surface area contributed by atoms with E-state index in [2.05, 4.69) is 5.32 Å². The average molecular weight is 235 g/mol. The van der Waals surface area contributed by atoms with Crippen molar-refractivity contribution in [2.45, 2.75) is 0 Å². The molecule has 0 aliphatic heterocycles. The lowest BCUT2D eigenvalue weighted by Gasteiger charge is -2.06. The van der Waals surface area contributed by atoms with Crippen LogP contribution >= 0.6 is 0 Å². The molecule has 0 radical (unpaired) electrons. The number of aromatic hydroxyl groups is 2.